The molecular weight excluding hydrogens is 376 g/mol. The Labute approximate surface area is 171 Å². The number of amides is 1. The molecular formula is C21H27ClN4O2. The molecule has 0 unspecified atom stereocenters. The third kappa shape index (κ3) is 3.71. The predicted octanol–water partition coefficient (Wildman–Crippen LogP) is 2.04. The molecule has 0 N–H and O–H groups in total. The molecule has 1 aromatic heterocycles. The maximum absolute atomic E-state index is 12.8. The minimum absolute atomic E-state index is 0. The summed E-state index contributed by atoms with van der Waals surface area (Å²) in [5, 5.41) is 4.19. The van der Waals surface area contributed by atoms with Crippen molar-refractivity contribution in [3.8, 4) is 0 Å². The van der Waals surface area contributed by atoms with Crippen LogP contribution in [0.25, 0.3) is 0 Å². The van der Waals surface area contributed by atoms with Gasteiger partial charge in [-0.1, -0.05) is 24.3 Å². The summed E-state index contributed by atoms with van der Waals surface area (Å²) >= 11 is 0. The summed E-state index contributed by atoms with van der Waals surface area (Å²) in [6, 6.07) is 12.0. The molecule has 150 valence electrons. The lowest BCUT2D eigenvalue weighted by molar-refractivity contribution is -0.131. The number of fused-ring (bicyclic) bond motifs is 1. The van der Waals surface area contributed by atoms with E-state index in [1.54, 1.807) is 6.07 Å². The Bertz CT molecular complexity index is 929. The van der Waals surface area contributed by atoms with Crippen LogP contribution in [0.2, 0.25) is 0 Å². The standard InChI is InChI=1S/C21H26N4O2.ClH/c1-14-6-4-5-7-17(14)21-18-12-24(11-16(18)10-23(21)3)20(27)13-25-19(26)9-8-15(2)22-25;/h4-9,16,18,21H,10-13H2,1-3H3;1H/t16-,18+,21+;/m0./s1. The SMILES string of the molecule is Cc1ccc(=O)n(CC(=O)N2C[C@@H]3CN(C)[C@H](c4ccccc4C)[C@@H]3C2)n1.Cl. The second-order valence-electron chi connectivity index (χ2n) is 7.93. The molecule has 28 heavy (non-hydrogen) atoms. The average molecular weight is 403 g/mol. The Morgan fingerprint density at radius 3 is 2.61 bits per heavy atom. The van der Waals surface area contributed by atoms with Gasteiger partial charge in [-0.2, -0.15) is 5.10 Å². The van der Waals surface area contributed by atoms with Crippen molar-refractivity contribution in [1.82, 2.24) is 19.6 Å². The van der Waals surface area contributed by atoms with Gasteiger partial charge in [0.1, 0.15) is 6.54 Å². The summed E-state index contributed by atoms with van der Waals surface area (Å²) in [5.41, 5.74) is 3.17. The van der Waals surface area contributed by atoms with Crippen molar-refractivity contribution in [3.05, 3.63) is 63.6 Å². The van der Waals surface area contributed by atoms with Crippen LogP contribution in [0.3, 0.4) is 0 Å². The van der Waals surface area contributed by atoms with Gasteiger partial charge in [0.15, 0.2) is 0 Å². The normalized spacial score (nSPS) is 24.1. The number of rotatable bonds is 3. The third-order valence-electron chi connectivity index (χ3n) is 6.04. The smallest absolute Gasteiger partial charge is 0.267 e. The lowest BCUT2D eigenvalue weighted by Crippen LogP contribution is -2.38. The number of carbonyl (C=O) groups excluding carboxylic acids is 1. The van der Waals surface area contributed by atoms with Gasteiger partial charge in [-0.25, -0.2) is 4.68 Å². The van der Waals surface area contributed by atoms with Crippen molar-refractivity contribution in [2.45, 2.75) is 26.4 Å². The molecule has 0 aliphatic carbocycles. The summed E-state index contributed by atoms with van der Waals surface area (Å²) in [6.07, 6.45) is 0. The molecule has 2 aromatic rings. The first-order valence-electron chi connectivity index (χ1n) is 9.52. The average Bonchev–Trinajstić information content (AvgIpc) is 3.16. The van der Waals surface area contributed by atoms with Crippen LogP contribution in [0.5, 0.6) is 0 Å². The molecule has 3 heterocycles. The number of carbonyl (C=O) groups is 1. The Morgan fingerprint density at radius 2 is 1.86 bits per heavy atom. The molecule has 3 atom stereocenters. The molecule has 0 saturated carbocycles. The second kappa shape index (κ2) is 8.05. The second-order valence-corrected chi connectivity index (χ2v) is 7.93. The zero-order valence-corrected chi connectivity index (χ0v) is 17.4. The molecule has 6 nitrogen and oxygen atoms in total. The molecule has 1 aromatic carbocycles. The van der Waals surface area contributed by atoms with E-state index in [2.05, 4.69) is 48.2 Å². The van der Waals surface area contributed by atoms with Crippen LogP contribution in [0.1, 0.15) is 22.9 Å². The summed E-state index contributed by atoms with van der Waals surface area (Å²) in [5.74, 6) is 0.892. The highest BCUT2D eigenvalue weighted by atomic mass is 35.5. The van der Waals surface area contributed by atoms with Crippen LogP contribution in [-0.2, 0) is 11.3 Å². The molecule has 2 saturated heterocycles. The fraction of sp³-hybridized carbons (Fsp3) is 0.476. The fourth-order valence-electron chi connectivity index (χ4n) is 4.74. The maximum atomic E-state index is 12.8. The number of benzene rings is 1. The van der Waals surface area contributed by atoms with E-state index in [4.69, 9.17) is 0 Å². The van der Waals surface area contributed by atoms with E-state index in [0.717, 1.165) is 25.3 Å². The molecule has 1 amide bonds. The first kappa shape index (κ1) is 20.6. The highest BCUT2D eigenvalue weighted by molar-refractivity contribution is 5.85. The number of hydrogen-bond donors (Lipinski definition) is 0. The lowest BCUT2D eigenvalue weighted by atomic mass is 9.88. The monoisotopic (exact) mass is 402 g/mol. The van der Waals surface area contributed by atoms with E-state index >= 15 is 0 Å². The maximum Gasteiger partial charge on any atom is 0.267 e. The van der Waals surface area contributed by atoms with Crippen molar-refractivity contribution in [1.29, 1.82) is 0 Å². The predicted molar refractivity (Wildman–Crippen MR) is 111 cm³/mol. The van der Waals surface area contributed by atoms with Gasteiger partial charge in [0, 0.05) is 37.7 Å². The zero-order valence-electron chi connectivity index (χ0n) is 16.5. The Morgan fingerprint density at radius 1 is 1.11 bits per heavy atom. The molecule has 0 spiro atoms. The molecule has 7 heteroatoms. The van der Waals surface area contributed by atoms with E-state index in [0.29, 0.717) is 17.9 Å². The van der Waals surface area contributed by atoms with E-state index in [1.807, 2.05) is 11.8 Å². The van der Waals surface area contributed by atoms with Crippen LogP contribution in [-0.4, -0.2) is 52.2 Å². The van der Waals surface area contributed by atoms with Crippen LogP contribution in [0.15, 0.2) is 41.2 Å². The number of hydrogen-bond acceptors (Lipinski definition) is 4. The zero-order chi connectivity index (χ0) is 19.1. The summed E-state index contributed by atoms with van der Waals surface area (Å²) < 4.78 is 1.27. The minimum Gasteiger partial charge on any atom is -0.340 e. The molecule has 2 aliphatic rings. The summed E-state index contributed by atoms with van der Waals surface area (Å²) in [6.45, 7) is 6.50. The summed E-state index contributed by atoms with van der Waals surface area (Å²) in [7, 11) is 2.18. The number of likely N-dealkylation sites (tertiary alicyclic amines) is 2. The molecule has 0 bridgehead atoms. The third-order valence-corrected chi connectivity index (χ3v) is 6.04. The molecule has 2 fully saturated rings. The van der Waals surface area contributed by atoms with E-state index in [9.17, 15) is 9.59 Å². The van der Waals surface area contributed by atoms with Crippen LogP contribution < -0.4 is 5.56 Å². The van der Waals surface area contributed by atoms with Gasteiger partial charge >= 0.3 is 0 Å². The van der Waals surface area contributed by atoms with E-state index < -0.39 is 0 Å². The largest absolute Gasteiger partial charge is 0.340 e. The van der Waals surface area contributed by atoms with Gasteiger partial charge in [0.25, 0.3) is 5.56 Å². The Hall–Kier alpha value is -2.18. The van der Waals surface area contributed by atoms with Crippen LogP contribution in [0, 0.1) is 25.7 Å². The fourth-order valence-corrected chi connectivity index (χ4v) is 4.74. The van der Waals surface area contributed by atoms with Gasteiger partial charge in [-0.15, -0.1) is 12.4 Å². The van der Waals surface area contributed by atoms with Crippen molar-refractivity contribution in [2.24, 2.45) is 11.8 Å². The Kier molecular flexibility index (Phi) is 5.91. The molecule has 2 aliphatic heterocycles. The molecule has 0 radical (unpaired) electrons. The Balaban J connectivity index is 0.00000225. The van der Waals surface area contributed by atoms with Crippen LogP contribution >= 0.6 is 12.4 Å². The van der Waals surface area contributed by atoms with Crippen molar-refractivity contribution < 1.29 is 4.79 Å². The van der Waals surface area contributed by atoms with Crippen LogP contribution in [0.4, 0.5) is 0 Å². The van der Waals surface area contributed by atoms with Crippen molar-refractivity contribution >= 4 is 18.3 Å². The minimum atomic E-state index is -0.231. The number of halogens is 1. The highest BCUT2D eigenvalue weighted by Gasteiger charge is 2.47. The van der Waals surface area contributed by atoms with Crippen molar-refractivity contribution in [3.63, 3.8) is 0 Å². The molecule has 4 rings (SSSR count). The van der Waals surface area contributed by atoms with E-state index in [-0.39, 0.29) is 30.4 Å². The van der Waals surface area contributed by atoms with Gasteiger partial charge in [-0.05, 0) is 44.0 Å². The van der Waals surface area contributed by atoms with Gasteiger partial charge in [0.2, 0.25) is 5.91 Å². The summed E-state index contributed by atoms with van der Waals surface area (Å²) in [4.78, 5) is 29.1. The van der Waals surface area contributed by atoms with Gasteiger partial charge in [0.05, 0.1) is 5.69 Å². The van der Waals surface area contributed by atoms with E-state index in [1.165, 1.54) is 21.9 Å². The first-order chi connectivity index (χ1) is 12.9. The van der Waals surface area contributed by atoms with Gasteiger partial charge in [-0.3, -0.25) is 14.5 Å². The lowest BCUT2D eigenvalue weighted by Gasteiger charge is -2.28. The number of aromatic nitrogens is 2. The van der Waals surface area contributed by atoms with Gasteiger partial charge < -0.3 is 4.90 Å². The van der Waals surface area contributed by atoms with Crippen molar-refractivity contribution in [2.75, 3.05) is 26.7 Å². The topological polar surface area (TPSA) is 58.4 Å². The number of nitrogens with zero attached hydrogens (tertiary/aromatic N) is 4. The first-order valence-corrected chi connectivity index (χ1v) is 9.52. The highest BCUT2D eigenvalue weighted by Crippen LogP contribution is 2.44. The number of aryl methyl sites for hydroxylation is 2. The quantitative estimate of drug-likeness (QED) is 0.788.